The van der Waals surface area contributed by atoms with Crippen molar-refractivity contribution in [2.75, 3.05) is 0 Å². The fraction of sp³-hybridized carbons (Fsp3) is 0.529. The van der Waals surface area contributed by atoms with E-state index in [9.17, 15) is 38.4 Å². The van der Waals surface area contributed by atoms with Crippen LogP contribution in [-0.4, -0.2) is 47.8 Å². The summed E-state index contributed by atoms with van der Waals surface area (Å²) in [5, 5.41) is 0. The van der Waals surface area contributed by atoms with Crippen molar-refractivity contribution < 1.29 is 57.3 Å². The van der Waals surface area contributed by atoms with Gasteiger partial charge in [-0.15, -0.1) is 0 Å². The monoisotopic (exact) mass is 406 g/mol. The molecule has 12 nitrogen and oxygen atoms in total. The molecule has 4 aliphatic heterocycles. The number of fused-ring (bicyclic) bond motifs is 7. The molecule has 12 heteroatoms. The van der Waals surface area contributed by atoms with E-state index in [0.717, 1.165) is 0 Å². The average Bonchev–Trinajstić information content (AvgIpc) is 3.26. The average molecular weight is 406 g/mol. The number of esters is 8. The van der Waals surface area contributed by atoms with Gasteiger partial charge in [0, 0.05) is 0 Å². The number of carbonyl (C=O) groups excluding carboxylic acids is 8. The Morgan fingerprint density at radius 1 is 0.379 bits per heavy atom. The molecule has 8 unspecified atom stereocenters. The maximum Gasteiger partial charge on any atom is 0.318 e. The third-order valence-electron chi connectivity index (χ3n) is 6.35. The predicted octanol–water partition coefficient (Wildman–Crippen LogP) is -2.35. The molecule has 4 saturated heterocycles. The van der Waals surface area contributed by atoms with Crippen molar-refractivity contribution in [3.63, 3.8) is 0 Å². The standard InChI is InChI=1S/C17H10O12/c18-10-2-1-3-5(13(21)27-11(3)19)7-9(17(25)29-15(7)23)8-6(4(2)12(20)26-10)14(22)28-16(8)24/h2-9H,1H2. The Hall–Kier alpha value is -3.44. The Morgan fingerprint density at radius 3 is 0.966 bits per heavy atom. The van der Waals surface area contributed by atoms with Crippen LogP contribution in [-0.2, 0) is 57.3 Å². The molecule has 0 radical (unpaired) electrons. The first-order chi connectivity index (χ1) is 13.7. The minimum absolute atomic E-state index is 0.445. The van der Waals surface area contributed by atoms with Crippen molar-refractivity contribution in [1.82, 2.24) is 0 Å². The molecule has 0 N–H and O–H groups in total. The molecular formula is C17H10O12. The smallest absolute Gasteiger partial charge is 0.318 e. The molecule has 0 amide bonds. The number of hydrogen-bond acceptors (Lipinski definition) is 12. The highest BCUT2D eigenvalue weighted by molar-refractivity contribution is 6.09. The van der Waals surface area contributed by atoms with Gasteiger partial charge in [0.2, 0.25) is 0 Å². The van der Waals surface area contributed by atoms with Crippen LogP contribution in [0.1, 0.15) is 6.42 Å². The van der Waals surface area contributed by atoms with Gasteiger partial charge in [-0.05, 0) is 6.42 Å². The fourth-order valence-corrected chi connectivity index (χ4v) is 5.20. The molecule has 5 fully saturated rings. The summed E-state index contributed by atoms with van der Waals surface area (Å²) in [5.41, 5.74) is 0. The molecule has 0 aromatic rings. The molecule has 8 atom stereocenters. The zero-order valence-corrected chi connectivity index (χ0v) is 14.2. The molecule has 0 aromatic carbocycles. The third-order valence-corrected chi connectivity index (χ3v) is 6.35. The summed E-state index contributed by atoms with van der Waals surface area (Å²) in [5.74, 6) is -21.3. The maximum atomic E-state index is 12.4. The molecule has 4 heterocycles. The lowest BCUT2D eigenvalue weighted by Crippen LogP contribution is -2.41. The fourth-order valence-electron chi connectivity index (χ4n) is 5.20. The Balaban J connectivity index is 1.74. The van der Waals surface area contributed by atoms with Crippen LogP contribution in [0, 0.1) is 47.3 Å². The summed E-state index contributed by atoms with van der Waals surface area (Å²) in [6.45, 7) is 0. The molecular weight excluding hydrogens is 396 g/mol. The lowest BCUT2D eigenvalue weighted by Gasteiger charge is -2.24. The summed E-state index contributed by atoms with van der Waals surface area (Å²) in [4.78, 5) is 98.8. The van der Waals surface area contributed by atoms with Crippen LogP contribution in [0.2, 0.25) is 0 Å². The van der Waals surface area contributed by atoms with Gasteiger partial charge in [0.05, 0.1) is 47.3 Å². The number of cyclic esters (lactones) is 8. The molecule has 5 rings (SSSR count). The van der Waals surface area contributed by atoms with Crippen LogP contribution in [0.25, 0.3) is 0 Å². The Morgan fingerprint density at radius 2 is 0.621 bits per heavy atom. The van der Waals surface area contributed by atoms with Crippen molar-refractivity contribution in [3.05, 3.63) is 0 Å². The zero-order valence-electron chi connectivity index (χ0n) is 14.2. The van der Waals surface area contributed by atoms with Gasteiger partial charge in [-0.1, -0.05) is 0 Å². The summed E-state index contributed by atoms with van der Waals surface area (Å²) in [6, 6.07) is 0. The van der Waals surface area contributed by atoms with Gasteiger partial charge in [-0.3, -0.25) is 38.4 Å². The second kappa shape index (κ2) is 5.55. The SMILES string of the molecule is O=C1OC(=O)C2C1CC1C(=O)OC(=O)C1C1C(=O)OC(=O)C1C1C(=O)OC(=O)C21. The van der Waals surface area contributed by atoms with Gasteiger partial charge in [0.1, 0.15) is 0 Å². The molecule has 1 saturated carbocycles. The number of hydrogen-bond donors (Lipinski definition) is 0. The highest BCUT2D eigenvalue weighted by Crippen LogP contribution is 2.53. The highest BCUT2D eigenvalue weighted by Gasteiger charge is 2.70. The van der Waals surface area contributed by atoms with Crippen LogP contribution < -0.4 is 0 Å². The van der Waals surface area contributed by atoms with E-state index in [1.807, 2.05) is 0 Å². The van der Waals surface area contributed by atoms with Crippen LogP contribution >= 0.6 is 0 Å². The second-order valence-corrected chi connectivity index (χ2v) is 7.56. The molecule has 0 spiro atoms. The molecule has 5 aliphatic rings. The topological polar surface area (TPSA) is 173 Å². The minimum Gasteiger partial charge on any atom is -0.393 e. The number of ether oxygens (including phenoxy) is 4. The van der Waals surface area contributed by atoms with E-state index >= 15 is 0 Å². The number of rotatable bonds is 0. The molecule has 150 valence electrons. The largest absolute Gasteiger partial charge is 0.393 e. The van der Waals surface area contributed by atoms with Gasteiger partial charge in [0.15, 0.2) is 0 Å². The summed E-state index contributed by atoms with van der Waals surface area (Å²) >= 11 is 0. The van der Waals surface area contributed by atoms with Crippen LogP contribution in [0.3, 0.4) is 0 Å². The Bertz CT molecular complexity index is 885. The van der Waals surface area contributed by atoms with E-state index in [4.69, 9.17) is 0 Å². The quantitative estimate of drug-likeness (QED) is 0.238. The van der Waals surface area contributed by atoms with E-state index < -0.39 is 102 Å². The minimum atomic E-state index is -1.65. The summed E-state index contributed by atoms with van der Waals surface area (Å²) in [6.07, 6.45) is -0.445. The molecule has 0 bridgehead atoms. The van der Waals surface area contributed by atoms with Gasteiger partial charge in [-0.25, -0.2) is 0 Å². The van der Waals surface area contributed by atoms with Crippen molar-refractivity contribution in [2.45, 2.75) is 6.42 Å². The van der Waals surface area contributed by atoms with Gasteiger partial charge >= 0.3 is 47.8 Å². The first kappa shape index (κ1) is 17.6. The Labute approximate surface area is 159 Å². The summed E-state index contributed by atoms with van der Waals surface area (Å²) in [7, 11) is 0. The van der Waals surface area contributed by atoms with Gasteiger partial charge < -0.3 is 18.9 Å². The first-order valence-corrected chi connectivity index (χ1v) is 8.73. The first-order valence-electron chi connectivity index (χ1n) is 8.73. The normalized spacial score (nSPS) is 43.3. The van der Waals surface area contributed by atoms with Crippen LogP contribution in [0.5, 0.6) is 0 Å². The third kappa shape index (κ3) is 2.13. The second-order valence-electron chi connectivity index (χ2n) is 7.56. The Kier molecular flexibility index (Phi) is 3.38. The predicted molar refractivity (Wildman–Crippen MR) is 76.9 cm³/mol. The van der Waals surface area contributed by atoms with Gasteiger partial charge in [0.25, 0.3) is 0 Å². The summed E-state index contributed by atoms with van der Waals surface area (Å²) < 4.78 is 18.4. The maximum absolute atomic E-state index is 12.4. The van der Waals surface area contributed by atoms with E-state index in [1.165, 1.54) is 0 Å². The van der Waals surface area contributed by atoms with Crippen molar-refractivity contribution in [2.24, 2.45) is 47.3 Å². The number of carbonyl (C=O) groups is 8. The molecule has 0 aromatic heterocycles. The lowest BCUT2D eigenvalue weighted by molar-refractivity contribution is -0.158. The highest BCUT2D eigenvalue weighted by atomic mass is 16.6. The van der Waals surface area contributed by atoms with E-state index in [0.29, 0.717) is 0 Å². The van der Waals surface area contributed by atoms with Crippen LogP contribution in [0.15, 0.2) is 0 Å². The zero-order chi connectivity index (χ0) is 20.8. The van der Waals surface area contributed by atoms with Crippen LogP contribution in [0.4, 0.5) is 0 Å². The van der Waals surface area contributed by atoms with Gasteiger partial charge in [-0.2, -0.15) is 0 Å². The van der Waals surface area contributed by atoms with E-state index in [2.05, 4.69) is 18.9 Å². The lowest BCUT2D eigenvalue weighted by atomic mass is 9.69. The van der Waals surface area contributed by atoms with Crippen molar-refractivity contribution >= 4 is 47.8 Å². The van der Waals surface area contributed by atoms with Crippen molar-refractivity contribution in [1.29, 1.82) is 0 Å². The molecule has 1 aliphatic carbocycles. The molecule has 29 heavy (non-hydrogen) atoms. The van der Waals surface area contributed by atoms with E-state index in [-0.39, 0.29) is 0 Å². The van der Waals surface area contributed by atoms with Crippen molar-refractivity contribution in [3.8, 4) is 0 Å². The van der Waals surface area contributed by atoms with E-state index in [1.54, 1.807) is 0 Å².